The van der Waals surface area contributed by atoms with Gasteiger partial charge in [0.05, 0.1) is 21.3 Å². The van der Waals surface area contributed by atoms with Crippen LogP contribution in [0, 0.1) is 0 Å². The molecule has 0 aliphatic heterocycles. The number of methoxy groups -OCH3 is 3. The van der Waals surface area contributed by atoms with E-state index in [0.29, 0.717) is 16.7 Å². The molecule has 43 heavy (non-hydrogen) atoms. The lowest BCUT2D eigenvalue weighted by atomic mass is 10.1. The summed E-state index contributed by atoms with van der Waals surface area (Å²) in [6, 6.07) is 13.6. The second kappa shape index (κ2) is 14.8. The Bertz CT molecular complexity index is 1450. The number of carboxylic acid groups (broad SMARTS) is 2. The summed E-state index contributed by atoms with van der Waals surface area (Å²) in [5.74, 6) is -2.22. The Kier molecular flexibility index (Phi) is 11.0. The molecule has 0 saturated heterocycles. The Morgan fingerprint density at radius 3 is 1.58 bits per heavy atom. The normalized spacial score (nSPS) is 12.4. The maximum absolute atomic E-state index is 12.3. The summed E-state index contributed by atoms with van der Waals surface area (Å²) in [4.78, 5) is 34.2. The van der Waals surface area contributed by atoms with Crippen LogP contribution in [0.1, 0.15) is 29.7 Å². The van der Waals surface area contributed by atoms with Gasteiger partial charge in [-0.05, 0) is 59.7 Å². The van der Waals surface area contributed by atoms with Crippen LogP contribution in [0.5, 0.6) is 34.5 Å². The van der Waals surface area contributed by atoms with Crippen LogP contribution in [0.25, 0.3) is 12.2 Å². The highest BCUT2D eigenvalue weighted by molar-refractivity contribution is 5.86. The molecule has 0 saturated carbocycles. The molecule has 0 aliphatic carbocycles. The van der Waals surface area contributed by atoms with Crippen LogP contribution in [0.4, 0.5) is 0 Å². The van der Waals surface area contributed by atoms with E-state index in [-0.39, 0.29) is 34.5 Å². The fourth-order valence-corrected chi connectivity index (χ4v) is 3.83. The van der Waals surface area contributed by atoms with Gasteiger partial charge in [-0.15, -0.1) is 0 Å². The monoisotopic (exact) mass is 594 g/mol. The molecule has 3 aromatic carbocycles. The van der Waals surface area contributed by atoms with E-state index in [1.165, 1.54) is 70.7 Å². The van der Waals surface area contributed by atoms with Gasteiger partial charge in [-0.3, -0.25) is 4.79 Å². The molecule has 0 spiro atoms. The Hall–Kier alpha value is -5.65. The third kappa shape index (κ3) is 8.92. The predicted molar refractivity (Wildman–Crippen MR) is 154 cm³/mol. The fraction of sp³-hybridized carbons (Fsp3) is 0.194. The summed E-state index contributed by atoms with van der Waals surface area (Å²) in [6.07, 6.45) is 2.05. The number of carboxylic acids is 2. The maximum atomic E-state index is 12.3. The molecular formula is C31H30O12. The van der Waals surface area contributed by atoms with Crippen LogP contribution < -0.4 is 23.7 Å². The zero-order chi connectivity index (χ0) is 31.5. The average molecular weight is 595 g/mol. The van der Waals surface area contributed by atoms with Crippen molar-refractivity contribution in [1.82, 2.24) is 0 Å². The number of carbonyl (C=O) groups is 3. The number of rotatable bonds is 14. The average Bonchev–Trinajstić information content (AvgIpc) is 2.98. The number of benzene rings is 3. The Balaban J connectivity index is 2.13. The van der Waals surface area contributed by atoms with E-state index in [2.05, 4.69) is 0 Å². The molecule has 12 nitrogen and oxygen atoms in total. The van der Waals surface area contributed by atoms with Gasteiger partial charge in [0.1, 0.15) is 0 Å². The summed E-state index contributed by atoms with van der Waals surface area (Å²) < 4.78 is 34.3. The molecule has 0 aromatic heterocycles. The lowest BCUT2D eigenvalue weighted by molar-refractivity contribution is -0.164. The van der Waals surface area contributed by atoms with E-state index in [0.717, 1.165) is 12.2 Å². The molecule has 0 fully saturated rings. The second-order valence-electron chi connectivity index (χ2n) is 8.73. The van der Waals surface area contributed by atoms with E-state index in [9.17, 15) is 19.5 Å². The molecule has 0 bridgehead atoms. The zero-order valence-electron chi connectivity index (χ0n) is 23.7. The lowest BCUT2D eigenvalue weighted by Crippen LogP contribution is -2.34. The van der Waals surface area contributed by atoms with Crippen molar-refractivity contribution in [3.8, 4) is 34.5 Å². The number of carbonyl (C=O) groups excluding carboxylic acids is 1. The number of aliphatic carboxylic acids is 2. The zero-order valence-corrected chi connectivity index (χ0v) is 23.7. The molecule has 3 aromatic rings. The van der Waals surface area contributed by atoms with E-state index >= 15 is 0 Å². The maximum Gasteiger partial charge on any atom is 0.328 e. The van der Waals surface area contributed by atoms with Gasteiger partial charge < -0.3 is 43.7 Å². The molecule has 226 valence electrons. The number of aromatic hydroxyl groups is 1. The van der Waals surface area contributed by atoms with Crippen LogP contribution in [-0.2, 0) is 19.1 Å². The van der Waals surface area contributed by atoms with Crippen molar-refractivity contribution < 1.29 is 58.1 Å². The largest absolute Gasteiger partial charge is 0.504 e. The van der Waals surface area contributed by atoms with Crippen molar-refractivity contribution in [3.05, 3.63) is 83.4 Å². The first-order valence-electron chi connectivity index (χ1n) is 12.6. The third-order valence-electron chi connectivity index (χ3n) is 5.77. The number of hydrogen-bond acceptors (Lipinski definition) is 10. The van der Waals surface area contributed by atoms with Gasteiger partial charge in [-0.1, -0.05) is 18.2 Å². The summed E-state index contributed by atoms with van der Waals surface area (Å²) in [5, 5.41) is 28.1. The van der Waals surface area contributed by atoms with Crippen molar-refractivity contribution in [3.63, 3.8) is 0 Å². The Morgan fingerprint density at radius 1 is 0.674 bits per heavy atom. The van der Waals surface area contributed by atoms with Crippen LogP contribution in [0.15, 0.2) is 66.7 Å². The summed E-state index contributed by atoms with van der Waals surface area (Å²) in [7, 11) is 4.15. The van der Waals surface area contributed by atoms with E-state index in [1.807, 2.05) is 0 Å². The molecule has 1 atom stereocenters. The molecule has 1 unspecified atom stereocenters. The number of hydrogen-bond donors (Lipinski definition) is 3. The smallest absolute Gasteiger partial charge is 0.328 e. The number of phenols is 1. The summed E-state index contributed by atoms with van der Waals surface area (Å²) in [6.45, 7) is 1.20. The lowest BCUT2D eigenvalue weighted by Gasteiger charge is -2.29. The fourth-order valence-electron chi connectivity index (χ4n) is 3.83. The van der Waals surface area contributed by atoms with Gasteiger partial charge >= 0.3 is 17.9 Å². The van der Waals surface area contributed by atoms with Crippen molar-refractivity contribution in [2.24, 2.45) is 0 Å². The van der Waals surface area contributed by atoms with Crippen LogP contribution in [-0.4, -0.2) is 60.8 Å². The first-order valence-corrected chi connectivity index (χ1v) is 12.6. The summed E-state index contributed by atoms with van der Waals surface area (Å²) >= 11 is 0. The van der Waals surface area contributed by atoms with Crippen molar-refractivity contribution >= 4 is 30.1 Å². The molecule has 3 rings (SSSR count). The quantitative estimate of drug-likeness (QED) is 0.134. The second-order valence-corrected chi connectivity index (χ2v) is 8.73. The number of esters is 1. The predicted octanol–water partition coefficient (Wildman–Crippen LogP) is 4.70. The first-order chi connectivity index (χ1) is 20.5. The third-order valence-corrected chi connectivity index (χ3v) is 5.77. The molecular weight excluding hydrogens is 564 g/mol. The van der Waals surface area contributed by atoms with Gasteiger partial charge in [0, 0.05) is 24.6 Å². The Morgan fingerprint density at radius 2 is 1.16 bits per heavy atom. The molecule has 3 N–H and O–H groups in total. The molecule has 0 aliphatic rings. The van der Waals surface area contributed by atoms with Gasteiger partial charge in [-0.25, -0.2) is 9.59 Å². The molecule has 0 amide bonds. The summed E-state index contributed by atoms with van der Waals surface area (Å²) in [5.41, 5.74) is 1.36. The van der Waals surface area contributed by atoms with Crippen LogP contribution >= 0.6 is 0 Å². The number of ether oxygens (including phenoxy) is 6. The van der Waals surface area contributed by atoms with Crippen LogP contribution in [0.2, 0.25) is 0 Å². The molecule has 12 heteroatoms. The van der Waals surface area contributed by atoms with Gasteiger partial charge in [0.2, 0.25) is 6.10 Å². The SMILES string of the molecule is COc1cc(C(OC(C)=O)C(Oc2ccc(C=CC(=O)O)cc2OC)Oc2ccc(C=CC(=O)O)cc2OC)ccc1O. The van der Waals surface area contributed by atoms with Crippen molar-refractivity contribution in [2.75, 3.05) is 21.3 Å². The minimum absolute atomic E-state index is 0.104. The highest BCUT2D eigenvalue weighted by atomic mass is 16.7. The minimum Gasteiger partial charge on any atom is -0.504 e. The van der Waals surface area contributed by atoms with E-state index in [1.54, 1.807) is 24.3 Å². The Labute approximate surface area is 246 Å². The highest BCUT2D eigenvalue weighted by Crippen LogP contribution is 2.38. The van der Waals surface area contributed by atoms with Gasteiger partial charge in [-0.2, -0.15) is 0 Å². The molecule has 0 radical (unpaired) electrons. The minimum atomic E-state index is -1.40. The first kappa shape index (κ1) is 31.9. The van der Waals surface area contributed by atoms with Gasteiger partial charge in [0.25, 0.3) is 6.29 Å². The van der Waals surface area contributed by atoms with E-state index in [4.69, 9.17) is 38.6 Å². The van der Waals surface area contributed by atoms with E-state index < -0.39 is 30.3 Å². The van der Waals surface area contributed by atoms with Crippen molar-refractivity contribution in [2.45, 2.75) is 19.3 Å². The molecule has 0 heterocycles. The highest BCUT2D eigenvalue weighted by Gasteiger charge is 2.33. The van der Waals surface area contributed by atoms with Gasteiger partial charge in [0.15, 0.2) is 34.5 Å². The van der Waals surface area contributed by atoms with Crippen molar-refractivity contribution in [1.29, 1.82) is 0 Å². The van der Waals surface area contributed by atoms with Crippen LogP contribution in [0.3, 0.4) is 0 Å². The number of phenolic OH excluding ortho intramolecular Hbond substituents is 1. The standard InChI is InChI=1S/C31H30O12/c1-18(32)41-30(21-9-10-22(33)25(17-21)38-2)31(42-23-11-5-19(7-13-28(34)35)15-26(23)39-3)43-24-12-6-20(8-14-29(36)37)16-27(24)40-4/h5-17,30-31,33H,1-4H3,(H,34,35)(H,36,37). The topological polar surface area (TPSA) is 167 Å².